The van der Waals surface area contributed by atoms with Gasteiger partial charge in [0, 0.05) is 10.6 Å². The third kappa shape index (κ3) is 6.00. The van der Waals surface area contributed by atoms with E-state index in [1.807, 2.05) is 60.7 Å². The molecule has 1 aromatic heterocycles. The first-order valence-electron chi connectivity index (χ1n) is 11.3. The van der Waals surface area contributed by atoms with Crippen LogP contribution in [0.2, 0.25) is 5.02 Å². The molecule has 0 fully saturated rings. The van der Waals surface area contributed by atoms with Gasteiger partial charge in [-0.3, -0.25) is 0 Å². The van der Waals surface area contributed by atoms with E-state index < -0.39 is 5.97 Å². The van der Waals surface area contributed by atoms with Crippen LogP contribution in [0.5, 0.6) is 11.5 Å². The van der Waals surface area contributed by atoms with E-state index in [0.717, 1.165) is 11.1 Å². The minimum absolute atomic E-state index is 0.0208. The molecular weight excluding hydrogens is 462 g/mol. The van der Waals surface area contributed by atoms with Gasteiger partial charge < -0.3 is 14.6 Å². The number of nitrogens with zero attached hydrogens (tertiary/aromatic N) is 1. The molecular formula is C29H26ClNO4. The van der Waals surface area contributed by atoms with Crippen molar-refractivity contribution in [3.8, 4) is 22.8 Å². The smallest absolute Gasteiger partial charge is 0.337 e. The van der Waals surface area contributed by atoms with Crippen LogP contribution in [0.15, 0.2) is 84.9 Å². The zero-order valence-electron chi connectivity index (χ0n) is 19.6. The molecule has 4 aromatic rings. The third-order valence-corrected chi connectivity index (χ3v) is 5.80. The van der Waals surface area contributed by atoms with Crippen molar-refractivity contribution in [1.82, 2.24) is 4.98 Å². The predicted octanol–water partition coefficient (Wildman–Crippen LogP) is 7.38. The number of carboxylic acids is 1. The van der Waals surface area contributed by atoms with Gasteiger partial charge in [-0.25, -0.2) is 9.78 Å². The summed E-state index contributed by atoms with van der Waals surface area (Å²) in [6, 6.07) is 26.1. The number of halogens is 1. The van der Waals surface area contributed by atoms with E-state index in [2.05, 4.69) is 18.8 Å². The Hall–Kier alpha value is -3.83. The van der Waals surface area contributed by atoms with Crippen molar-refractivity contribution in [2.45, 2.75) is 33.0 Å². The summed E-state index contributed by atoms with van der Waals surface area (Å²) < 4.78 is 12.1. The normalized spacial score (nSPS) is 10.9. The first-order valence-corrected chi connectivity index (χ1v) is 11.7. The summed E-state index contributed by atoms with van der Waals surface area (Å²) in [5.41, 5.74) is 3.78. The number of pyridine rings is 1. The summed E-state index contributed by atoms with van der Waals surface area (Å²) in [5, 5.41) is 10.3. The Balaban J connectivity index is 1.65. The van der Waals surface area contributed by atoms with E-state index in [9.17, 15) is 9.90 Å². The zero-order chi connectivity index (χ0) is 24.8. The molecule has 1 heterocycles. The van der Waals surface area contributed by atoms with Gasteiger partial charge in [-0.1, -0.05) is 74.0 Å². The van der Waals surface area contributed by atoms with E-state index in [4.69, 9.17) is 21.1 Å². The maximum absolute atomic E-state index is 11.9. The minimum atomic E-state index is -1.06. The van der Waals surface area contributed by atoms with Crippen molar-refractivity contribution >= 4 is 17.6 Å². The Kier molecular flexibility index (Phi) is 7.68. The van der Waals surface area contributed by atoms with Crippen LogP contribution in [-0.2, 0) is 13.2 Å². The van der Waals surface area contributed by atoms with Crippen LogP contribution in [0.4, 0.5) is 0 Å². The lowest BCUT2D eigenvalue weighted by molar-refractivity contribution is 0.0693. The number of para-hydroxylation sites is 1. The zero-order valence-corrected chi connectivity index (χ0v) is 20.3. The fourth-order valence-electron chi connectivity index (χ4n) is 3.75. The number of rotatable bonds is 9. The number of carboxylic acid groups (broad SMARTS) is 1. The van der Waals surface area contributed by atoms with Crippen molar-refractivity contribution in [2.24, 2.45) is 0 Å². The average molecular weight is 488 g/mol. The summed E-state index contributed by atoms with van der Waals surface area (Å²) in [7, 11) is 0. The van der Waals surface area contributed by atoms with Gasteiger partial charge in [-0.05, 0) is 53.4 Å². The number of hydrogen-bond acceptors (Lipinski definition) is 4. The Bertz CT molecular complexity index is 1320. The van der Waals surface area contributed by atoms with Crippen LogP contribution in [0.3, 0.4) is 0 Å². The van der Waals surface area contributed by atoms with Crippen LogP contribution in [0.25, 0.3) is 11.3 Å². The molecule has 1 N–H and O–H groups in total. The van der Waals surface area contributed by atoms with Crippen molar-refractivity contribution in [3.05, 3.63) is 112 Å². The topological polar surface area (TPSA) is 68.7 Å². The molecule has 3 aromatic carbocycles. The molecule has 0 saturated heterocycles. The number of benzene rings is 3. The molecule has 0 saturated carbocycles. The number of hydrogen-bond donors (Lipinski definition) is 1. The van der Waals surface area contributed by atoms with Gasteiger partial charge in [-0.15, -0.1) is 0 Å². The lowest BCUT2D eigenvalue weighted by Gasteiger charge is -2.16. The van der Waals surface area contributed by atoms with Crippen molar-refractivity contribution < 1.29 is 19.4 Å². The molecule has 0 unspecified atom stereocenters. The van der Waals surface area contributed by atoms with Crippen LogP contribution in [-0.4, -0.2) is 16.1 Å². The first-order chi connectivity index (χ1) is 16.9. The molecule has 0 aliphatic heterocycles. The standard InChI is InChI=1S/C29H26ClNO4/c1-19(2)22-10-6-7-11-27(22)35-18-26-24(29(32)33)14-15-25(31-26)23-13-12-21(30)16-28(23)34-17-20-8-4-3-5-9-20/h3-16,19H,17-18H2,1-2H3,(H,32,33). The number of aromatic nitrogens is 1. The summed E-state index contributed by atoms with van der Waals surface area (Å²) >= 11 is 6.24. The highest BCUT2D eigenvalue weighted by molar-refractivity contribution is 6.30. The molecule has 0 aliphatic rings. The summed E-state index contributed by atoms with van der Waals surface area (Å²) in [5.74, 6) is 0.484. The van der Waals surface area contributed by atoms with Gasteiger partial charge in [-0.2, -0.15) is 0 Å². The molecule has 6 heteroatoms. The lowest BCUT2D eigenvalue weighted by atomic mass is 10.0. The van der Waals surface area contributed by atoms with Crippen LogP contribution < -0.4 is 9.47 Å². The third-order valence-electron chi connectivity index (χ3n) is 5.57. The van der Waals surface area contributed by atoms with Crippen molar-refractivity contribution in [3.63, 3.8) is 0 Å². The van der Waals surface area contributed by atoms with Gasteiger partial charge in [0.05, 0.1) is 17.0 Å². The Morgan fingerprint density at radius 2 is 1.60 bits per heavy atom. The van der Waals surface area contributed by atoms with E-state index in [-0.39, 0.29) is 18.1 Å². The second-order valence-electron chi connectivity index (χ2n) is 8.39. The van der Waals surface area contributed by atoms with Crippen molar-refractivity contribution in [1.29, 1.82) is 0 Å². The minimum Gasteiger partial charge on any atom is -0.488 e. The highest BCUT2D eigenvalue weighted by Crippen LogP contribution is 2.33. The van der Waals surface area contributed by atoms with E-state index in [1.165, 1.54) is 0 Å². The molecule has 0 spiro atoms. The van der Waals surface area contributed by atoms with Gasteiger partial charge in [0.2, 0.25) is 0 Å². The summed E-state index contributed by atoms with van der Waals surface area (Å²) in [6.07, 6.45) is 0. The molecule has 0 bridgehead atoms. The Morgan fingerprint density at radius 3 is 2.34 bits per heavy atom. The summed E-state index contributed by atoms with van der Waals surface area (Å²) in [6.45, 7) is 4.55. The molecule has 0 amide bonds. The monoisotopic (exact) mass is 487 g/mol. The molecule has 5 nitrogen and oxygen atoms in total. The second kappa shape index (κ2) is 11.1. The Morgan fingerprint density at radius 1 is 0.886 bits per heavy atom. The Labute approximate surface area is 209 Å². The highest BCUT2D eigenvalue weighted by atomic mass is 35.5. The van der Waals surface area contributed by atoms with Crippen molar-refractivity contribution in [2.75, 3.05) is 0 Å². The van der Waals surface area contributed by atoms with Gasteiger partial charge in [0.15, 0.2) is 0 Å². The summed E-state index contributed by atoms with van der Waals surface area (Å²) in [4.78, 5) is 16.6. The van der Waals surface area contributed by atoms with E-state index in [1.54, 1.807) is 24.3 Å². The fraction of sp³-hybridized carbons (Fsp3) is 0.172. The van der Waals surface area contributed by atoms with Crippen LogP contribution >= 0.6 is 11.6 Å². The van der Waals surface area contributed by atoms with Crippen LogP contribution in [0.1, 0.15) is 46.9 Å². The van der Waals surface area contributed by atoms with Crippen LogP contribution in [0, 0.1) is 0 Å². The predicted molar refractivity (Wildman–Crippen MR) is 137 cm³/mol. The highest BCUT2D eigenvalue weighted by Gasteiger charge is 2.17. The number of aromatic carboxylic acids is 1. The first kappa shape index (κ1) is 24.3. The lowest BCUT2D eigenvalue weighted by Crippen LogP contribution is -2.10. The maximum Gasteiger partial charge on any atom is 0.337 e. The van der Waals surface area contributed by atoms with E-state index >= 15 is 0 Å². The number of ether oxygens (including phenoxy) is 2. The van der Waals surface area contributed by atoms with Gasteiger partial charge in [0.25, 0.3) is 0 Å². The molecule has 0 aliphatic carbocycles. The number of carbonyl (C=O) groups is 1. The fourth-order valence-corrected chi connectivity index (χ4v) is 3.92. The molecule has 178 valence electrons. The van der Waals surface area contributed by atoms with Gasteiger partial charge >= 0.3 is 5.97 Å². The molecule has 4 rings (SSSR count). The second-order valence-corrected chi connectivity index (χ2v) is 8.83. The maximum atomic E-state index is 11.9. The average Bonchev–Trinajstić information content (AvgIpc) is 2.86. The van der Waals surface area contributed by atoms with Gasteiger partial charge in [0.1, 0.15) is 24.7 Å². The van der Waals surface area contributed by atoms with E-state index in [0.29, 0.717) is 40.1 Å². The SMILES string of the molecule is CC(C)c1ccccc1OCc1nc(-c2ccc(Cl)cc2OCc2ccccc2)ccc1C(=O)O. The largest absolute Gasteiger partial charge is 0.488 e. The quantitative estimate of drug-likeness (QED) is 0.266. The molecule has 0 atom stereocenters. The molecule has 35 heavy (non-hydrogen) atoms. The molecule has 0 radical (unpaired) electrons.